The van der Waals surface area contributed by atoms with Gasteiger partial charge in [-0.2, -0.15) is 16.7 Å². The number of aromatic amines is 2. The minimum Gasteiger partial charge on any atom is -0.281 e. The lowest BCUT2D eigenvalue weighted by molar-refractivity contribution is 0.828. The smallest absolute Gasteiger partial charge is 0.213 e. The Morgan fingerprint density at radius 2 is 2.12 bits per heavy atom. The summed E-state index contributed by atoms with van der Waals surface area (Å²) in [5, 5.41) is 6.96. The van der Waals surface area contributed by atoms with E-state index in [1.165, 1.54) is 0 Å². The van der Waals surface area contributed by atoms with Crippen molar-refractivity contribution in [2.45, 2.75) is 25.5 Å². The maximum Gasteiger partial charge on any atom is 0.213 e. The van der Waals surface area contributed by atoms with Crippen LogP contribution in [0.25, 0.3) is 10.7 Å². The van der Waals surface area contributed by atoms with Gasteiger partial charge in [-0.25, -0.2) is 4.98 Å². The molecule has 2 aromatic heterocycles. The summed E-state index contributed by atoms with van der Waals surface area (Å²) in [6.07, 6.45) is 2.08. The van der Waals surface area contributed by atoms with E-state index < -0.39 is 0 Å². The number of nitrogens with one attached hydrogen (secondary N) is 2. The summed E-state index contributed by atoms with van der Waals surface area (Å²) in [5.74, 6) is 2.12. The summed E-state index contributed by atoms with van der Waals surface area (Å²) < 4.78 is 0.481. The molecule has 2 N–H and O–H groups in total. The third-order valence-corrected chi connectivity index (χ3v) is 4.24. The van der Waals surface area contributed by atoms with E-state index in [0.717, 1.165) is 27.2 Å². The molecule has 2 rings (SSSR count). The van der Waals surface area contributed by atoms with E-state index in [4.69, 9.17) is 12.2 Å². The number of aromatic nitrogens is 4. The molecular formula is C10H14N4S3. The number of H-pyrrole nitrogens is 2. The Bertz CT molecular complexity index is 552. The second-order valence-corrected chi connectivity index (χ2v) is 6.26. The maximum atomic E-state index is 4.98. The van der Waals surface area contributed by atoms with Crippen molar-refractivity contribution >= 4 is 35.3 Å². The molecule has 92 valence electrons. The molecule has 0 atom stereocenters. The van der Waals surface area contributed by atoms with Crippen molar-refractivity contribution in [2.75, 3.05) is 6.26 Å². The zero-order chi connectivity index (χ0) is 12.4. The first-order chi connectivity index (χ1) is 8.11. The van der Waals surface area contributed by atoms with Crippen molar-refractivity contribution in [1.29, 1.82) is 0 Å². The number of rotatable bonds is 4. The second kappa shape index (κ2) is 5.32. The van der Waals surface area contributed by atoms with Gasteiger partial charge in [0.2, 0.25) is 4.77 Å². The Labute approximate surface area is 113 Å². The SMILES string of the molecule is CSCc1nc(C(C)C)c(-c2nc(=S)[nH][nH]2)s1. The summed E-state index contributed by atoms with van der Waals surface area (Å²) in [6, 6.07) is 0. The molecule has 17 heavy (non-hydrogen) atoms. The van der Waals surface area contributed by atoms with Gasteiger partial charge in [-0.3, -0.25) is 10.2 Å². The molecule has 0 aliphatic carbocycles. The molecular weight excluding hydrogens is 272 g/mol. The standard InChI is InChI=1S/C10H14N4S3/c1-5(2)7-8(9-12-10(15)14-13-9)17-6(11-7)4-16-3/h5H,4H2,1-3H3,(H2,12,13,14,15). The van der Waals surface area contributed by atoms with Gasteiger partial charge in [0.05, 0.1) is 10.6 Å². The van der Waals surface area contributed by atoms with E-state index in [9.17, 15) is 0 Å². The third-order valence-electron chi connectivity index (χ3n) is 2.23. The van der Waals surface area contributed by atoms with Crippen LogP contribution in [0.3, 0.4) is 0 Å². The molecule has 0 aliphatic heterocycles. The van der Waals surface area contributed by atoms with Crippen molar-refractivity contribution in [3.8, 4) is 10.7 Å². The highest BCUT2D eigenvalue weighted by Crippen LogP contribution is 2.33. The molecule has 0 amide bonds. The van der Waals surface area contributed by atoms with Crippen LogP contribution >= 0.6 is 35.3 Å². The van der Waals surface area contributed by atoms with E-state index in [-0.39, 0.29) is 0 Å². The van der Waals surface area contributed by atoms with Crippen LogP contribution in [0, 0.1) is 4.77 Å². The van der Waals surface area contributed by atoms with Gasteiger partial charge >= 0.3 is 0 Å². The zero-order valence-electron chi connectivity index (χ0n) is 9.90. The van der Waals surface area contributed by atoms with Crippen LogP contribution in [-0.4, -0.2) is 26.4 Å². The first-order valence-corrected chi connectivity index (χ1v) is 7.87. The van der Waals surface area contributed by atoms with E-state index in [2.05, 4.69) is 40.3 Å². The van der Waals surface area contributed by atoms with Gasteiger partial charge in [-0.15, -0.1) is 11.3 Å². The fourth-order valence-corrected chi connectivity index (χ4v) is 3.50. The predicted molar refractivity (Wildman–Crippen MR) is 76.2 cm³/mol. The highest BCUT2D eigenvalue weighted by molar-refractivity contribution is 7.97. The number of thioether (sulfide) groups is 1. The molecule has 0 saturated carbocycles. The van der Waals surface area contributed by atoms with Gasteiger partial charge in [0.25, 0.3) is 0 Å². The minimum atomic E-state index is 0.385. The Morgan fingerprint density at radius 3 is 2.65 bits per heavy atom. The molecule has 4 nitrogen and oxygen atoms in total. The van der Waals surface area contributed by atoms with Crippen LogP contribution in [0.1, 0.15) is 30.5 Å². The van der Waals surface area contributed by atoms with E-state index in [1.807, 2.05) is 0 Å². The molecule has 0 bridgehead atoms. The summed E-state index contributed by atoms with van der Waals surface area (Å²) in [4.78, 5) is 10.0. The Balaban J connectivity index is 2.47. The van der Waals surface area contributed by atoms with Crippen molar-refractivity contribution in [2.24, 2.45) is 0 Å². The highest BCUT2D eigenvalue weighted by Gasteiger charge is 2.17. The summed E-state index contributed by atoms with van der Waals surface area (Å²) in [5.41, 5.74) is 1.09. The first-order valence-electron chi connectivity index (χ1n) is 5.25. The molecule has 0 fully saturated rings. The van der Waals surface area contributed by atoms with Gasteiger partial charge in [0, 0.05) is 5.75 Å². The molecule has 0 aliphatic rings. The van der Waals surface area contributed by atoms with E-state index >= 15 is 0 Å². The fourth-order valence-electron chi connectivity index (χ4n) is 1.50. The fraction of sp³-hybridized carbons (Fsp3) is 0.500. The normalized spacial score (nSPS) is 11.3. The monoisotopic (exact) mass is 286 g/mol. The van der Waals surface area contributed by atoms with E-state index in [0.29, 0.717) is 10.7 Å². The zero-order valence-corrected chi connectivity index (χ0v) is 12.4. The van der Waals surface area contributed by atoms with Crippen LogP contribution in [0.2, 0.25) is 0 Å². The topological polar surface area (TPSA) is 57.4 Å². The van der Waals surface area contributed by atoms with Gasteiger partial charge in [-0.05, 0) is 24.4 Å². The Hall–Kier alpha value is -0.660. The highest BCUT2D eigenvalue weighted by atomic mass is 32.2. The molecule has 2 heterocycles. The van der Waals surface area contributed by atoms with Gasteiger partial charge in [0.15, 0.2) is 5.82 Å². The lowest BCUT2D eigenvalue weighted by atomic mass is 10.1. The molecule has 0 aromatic carbocycles. The van der Waals surface area contributed by atoms with Crippen LogP contribution in [0.5, 0.6) is 0 Å². The Kier molecular flexibility index (Phi) is 4.01. The molecule has 0 spiro atoms. The number of nitrogens with zero attached hydrogens (tertiary/aromatic N) is 2. The first kappa shape index (κ1) is 12.8. The second-order valence-electron chi connectivity index (χ2n) is 3.93. The maximum absolute atomic E-state index is 4.98. The lowest BCUT2D eigenvalue weighted by Gasteiger charge is -2.01. The van der Waals surface area contributed by atoms with Crippen molar-refractivity contribution in [1.82, 2.24) is 20.2 Å². The largest absolute Gasteiger partial charge is 0.281 e. The molecule has 0 saturated heterocycles. The van der Waals surface area contributed by atoms with Crippen LogP contribution < -0.4 is 0 Å². The van der Waals surface area contributed by atoms with Gasteiger partial charge in [0.1, 0.15) is 5.01 Å². The van der Waals surface area contributed by atoms with Crippen LogP contribution in [0.4, 0.5) is 0 Å². The molecule has 0 radical (unpaired) electrons. The molecule has 0 unspecified atom stereocenters. The predicted octanol–water partition coefficient (Wildman–Crippen LogP) is 3.58. The lowest BCUT2D eigenvalue weighted by Crippen LogP contribution is -1.92. The number of hydrogen-bond donors (Lipinski definition) is 2. The minimum absolute atomic E-state index is 0.385. The van der Waals surface area contributed by atoms with Crippen molar-refractivity contribution in [3.63, 3.8) is 0 Å². The average molecular weight is 286 g/mol. The van der Waals surface area contributed by atoms with Crippen LogP contribution in [-0.2, 0) is 5.75 Å². The summed E-state index contributed by atoms with van der Waals surface area (Å²) in [6.45, 7) is 4.28. The van der Waals surface area contributed by atoms with Crippen molar-refractivity contribution < 1.29 is 0 Å². The van der Waals surface area contributed by atoms with Crippen LogP contribution in [0.15, 0.2) is 0 Å². The summed E-state index contributed by atoms with van der Waals surface area (Å²) in [7, 11) is 0. The number of hydrogen-bond acceptors (Lipinski definition) is 5. The molecule has 7 heteroatoms. The quantitative estimate of drug-likeness (QED) is 0.844. The van der Waals surface area contributed by atoms with E-state index in [1.54, 1.807) is 23.1 Å². The number of thiazole rings is 1. The molecule has 2 aromatic rings. The third kappa shape index (κ3) is 2.78. The van der Waals surface area contributed by atoms with Crippen molar-refractivity contribution in [3.05, 3.63) is 15.5 Å². The summed E-state index contributed by atoms with van der Waals surface area (Å²) >= 11 is 8.45. The Morgan fingerprint density at radius 1 is 1.35 bits per heavy atom. The average Bonchev–Trinajstić information content (AvgIpc) is 2.84. The van der Waals surface area contributed by atoms with Gasteiger partial charge in [-0.1, -0.05) is 13.8 Å². The van der Waals surface area contributed by atoms with Gasteiger partial charge < -0.3 is 0 Å².